The van der Waals surface area contributed by atoms with E-state index in [-0.39, 0.29) is 5.92 Å². The van der Waals surface area contributed by atoms with Gasteiger partial charge in [0.25, 0.3) is 0 Å². The summed E-state index contributed by atoms with van der Waals surface area (Å²) in [6.45, 7) is 3.35. The third-order valence-corrected chi connectivity index (χ3v) is 4.66. The third kappa shape index (κ3) is 2.39. The zero-order valence-electron chi connectivity index (χ0n) is 11.8. The van der Waals surface area contributed by atoms with E-state index in [1.54, 1.807) is 0 Å². The molecule has 1 aromatic carbocycles. The number of rotatable bonds is 3. The molecule has 19 heavy (non-hydrogen) atoms. The SMILES string of the molecule is CN(C)c1ccc(C(=O)C2CN3CCC2CC3)cc1. The number of fused-ring (bicyclic) bond motifs is 3. The number of carbonyl (C=O) groups excluding carboxylic acids is 1. The Morgan fingerprint density at radius 3 is 2.26 bits per heavy atom. The maximum Gasteiger partial charge on any atom is 0.167 e. The molecule has 0 N–H and O–H groups in total. The zero-order chi connectivity index (χ0) is 13.4. The van der Waals surface area contributed by atoms with Crippen molar-refractivity contribution >= 4 is 11.5 Å². The van der Waals surface area contributed by atoms with Crippen molar-refractivity contribution in [3.8, 4) is 0 Å². The predicted octanol–water partition coefficient (Wildman–Crippen LogP) is 2.28. The van der Waals surface area contributed by atoms with Gasteiger partial charge >= 0.3 is 0 Å². The van der Waals surface area contributed by atoms with Crippen LogP contribution >= 0.6 is 0 Å². The number of benzene rings is 1. The smallest absolute Gasteiger partial charge is 0.167 e. The molecule has 4 rings (SSSR count). The average Bonchev–Trinajstić information content (AvgIpc) is 2.47. The summed E-state index contributed by atoms with van der Waals surface area (Å²) in [4.78, 5) is 17.1. The molecular formula is C16H22N2O. The topological polar surface area (TPSA) is 23.6 Å². The largest absolute Gasteiger partial charge is 0.378 e. The molecule has 3 heterocycles. The van der Waals surface area contributed by atoms with Crippen LogP contribution in [0.3, 0.4) is 0 Å². The number of ketones is 1. The summed E-state index contributed by atoms with van der Waals surface area (Å²) in [5, 5.41) is 0. The molecule has 102 valence electrons. The first-order valence-corrected chi connectivity index (χ1v) is 7.19. The lowest BCUT2D eigenvalue weighted by atomic mass is 9.75. The highest BCUT2D eigenvalue weighted by molar-refractivity contribution is 5.98. The van der Waals surface area contributed by atoms with Crippen molar-refractivity contribution < 1.29 is 4.79 Å². The number of hydrogen-bond acceptors (Lipinski definition) is 3. The molecule has 0 saturated carbocycles. The average molecular weight is 258 g/mol. The Bertz CT molecular complexity index is 458. The van der Waals surface area contributed by atoms with Crippen LogP contribution in [0.15, 0.2) is 24.3 Å². The minimum atomic E-state index is 0.229. The summed E-state index contributed by atoms with van der Waals surface area (Å²) in [7, 11) is 4.04. The highest BCUT2D eigenvalue weighted by Crippen LogP contribution is 2.34. The van der Waals surface area contributed by atoms with Crippen molar-refractivity contribution in [3.05, 3.63) is 29.8 Å². The van der Waals surface area contributed by atoms with Crippen LogP contribution in [0.25, 0.3) is 0 Å². The second kappa shape index (κ2) is 4.97. The van der Waals surface area contributed by atoms with Crippen LogP contribution in [0.5, 0.6) is 0 Å². The summed E-state index contributed by atoms with van der Waals surface area (Å²) >= 11 is 0. The Balaban J connectivity index is 1.76. The van der Waals surface area contributed by atoms with Crippen LogP contribution in [-0.4, -0.2) is 44.4 Å². The molecule has 3 saturated heterocycles. The number of Topliss-reactive ketones (excluding diaryl/α,β-unsaturated/α-hetero) is 1. The normalized spacial score (nSPS) is 29.3. The standard InChI is InChI=1S/C16H22N2O/c1-17(2)14-5-3-13(4-6-14)16(19)15-11-18-9-7-12(15)8-10-18/h3-6,12,15H,7-11H2,1-2H3. The van der Waals surface area contributed by atoms with Gasteiger partial charge in [0.2, 0.25) is 0 Å². The first-order valence-electron chi connectivity index (χ1n) is 7.19. The van der Waals surface area contributed by atoms with Crippen molar-refractivity contribution in [1.82, 2.24) is 4.90 Å². The number of carbonyl (C=O) groups is 1. The molecule has 0 aromatic heterocycles. The molecule has 3 aliphatic heterocycles. The van der Waals surface area contributed by atoms with Gasteiger partial charge in [0.15, 0.2) is 5.78 Å². The summed E-state index contributed by atoms with van der Waals surface area (Å²) in [5.74, 6) is 1.19. The van der Waals surface area contributed by atoms with Crippen molar-refractivity contribution in [2.75, 3.05) is 38.6 Å². The summed E-state index contributed by atoms with van der Waals surface area (Å²) < 4.78 is 0. The molecule has 0 radical (unpaired) electrons. The fourth-order valence-corrected chi connectivity index (χ4v) is 3.40. The lowest BCUT2D eigenvalue weighted by molar-refractivity contribution is 0.0419. The Kier molecular flexibility index (Phi) is 3.31. The molecule has 0 spiro atoms. The van der Waals surface area contributed by atoms with E-state index in [4.69, 9.17) is 0 Å². The molecular weight excluding hydrogens is 236 g/mol. The zero-order valence-corrected chi connectivity index (χ0v) is 11.8. The molecule has 0 amide bonds. The van der Waals surface area contributed by atoms with E-state index in [9.17, 15) is 4.79 Å². The number of nitrogens with zero attached hydrogens (tertiary/aromatic N) is 2. The number of piperidine rings is 3. The summed E-state index contributed by atoms with van der Waals surface area (Å²) in [5.41, 5.74) is 2.02. The van der Waals surface area contributed by atoms with Crippen LogP contribution in [-0.2, 0) is 0 Å². The minimum absolute atomic E-state index is 0.229. The maximum absolute atomic E-state index is 12.6. The molecule has 1 unspecified atom stereocenters. The van der Waals surface area contributed by atoms with Crippen LogP contribution < -0.4 is 4.90 Å². The molecule has 3 heteroatoms. The lowest BCUT2D eigenvalue weighted by Gasteiger charge is -2.44. The van der Waals surface area contributed by atoms with Gasteiger partial charge in [-0.3, -0.25) is 4.79 Å². The molecule has 0 aliphatic carbocycles. The van der Waals surface area contributed by atoms with E-state index in [1.807, 2.05) is 38.4 Å². The molecule has 2 bridgehead atoms. The van der Waals surface area contributed by atoms with Gasteiger partial charge in [-0.1, -0.05) is 0 Å². The highest BCUT2D eigenvalue weighted by Gasteiger charge is 2.38. The van der Waals surface area contributed by atoms with Crippen molar-refractivity contribution in [1.29, 1.82) is 0 Å². The van der Waals surface area contributed by atoms with Gasteiger partial charge < -0.3 is 9.80 Å². The van der Waals surface area contributed by atoms with Crippen LogP contribution in [0.1, 0.15) is 23.2 Å². The number of hydrogen-bond donors (Lipinski definition) is 0. The first kappa shape index (κ1) is 12.7. The second-order valence-electron chi connectivity index (χ2n) is 6.05. The van der Waals surface area contributed by atoms with Crippen LogP contribution in [0, 0.1) is 11.8 Å². The monoisotopic (exact) mass is 258 g/mol. The van der Waals surface area contributed by atoms with E-state index in [2.05, 4.69) is 9.80 Å². The van der Waals surface area contributed by atoms with E-state index in [1.165, 1.54) is 25.9 Å². The fourth-order valence-electron chi connectivity index (χ4n) is 3.40. The molecule has 1 aromatic rings. The highest BCUT2D eigenvalue weighted by atomic mass is 16.1. The predicted molar refractivity (Wildman–Crippen MR) is 77.8 cm³/mol. The van der Waals surface area contributed by atoms with E-state index >= 15 is 0 Å². The quantitative estimate of drug-likeness (QED) is 0.777. The van der Waals surface area contributed by atoms with Gasteiger partial charge in [0, 0.05) is 37.8 Å². The summed E-state index contributed by atoms with van der Waals surface area (Å²) in [6, 6.07) is 8.04. The van der Waals surface area contributed by atoms with Crippen molar-refractivity contribution in [2.45, 2.75) is 12.8 Å². The second-order valence-corrected chi connectivity index (χ2v) is 6.05. The van der Waals surface area contributed by atoms with Crippen LogP contribution in [0.2, 0.25) is 0 Å². The number of anilines is 1. The minimum Gasteiger partial charge on any atom is -0.378 e. The lowest BCUT2D eigenvalue weighted by Crippen LogP contribution is -2.50. The Morgan fingerprint density at radius 1 is 1.16 bits per heavy atom. The van der Waals surface area contributed by atoms with Crippen molar-refractivity contribution in [3.63, 3.8) is 0 Å². The molecule has 3 aliphatic rings. The van der Waals surface area contributed by atoms with Gasteiger partial charge in [-0.2, -0.15) is 0 Å². The Hall–Kier alpha value is -1.35. The van der Waals surface area contributed by atoms with E-state index in [0.717, 1.165) is 17.8 Å². The molecule has 3 nitrogen and oxygen atoms in total. The Morgan fingerprint density at radius 2 is 1.79 bits per heavy atom. The van der Waals surface area contributed by atoms with Gasteiger partial charge in [-0.15, -0.1) is 0 Å². The first-order chi connectivity index (χ1) is 9.15. The van der Waals surface area contributed by atoms with Gasteiger partial charge in [0.1, 0.15) is 0 Å². The summed E-state index contributed by atoms with van der Waals surface area (Å²) in [6.07, 6.45) is 2.40. The van der Waals surface area contributed by atoms with E-state index < -0.39 is 0 Å². The third-order valence-electron chi connectivity index (χ3n) is 4.66. The molecule has 3 fully saturated rings. The fraction of sp³-hybridized carbons (Fsp3) is 0.562. The molecule has 1 atom stereocenters. The van der Waals surface area contributed by atoms with E-state index in [0.29, 0.717) is 11.7 Å². The van der Waals surface area contributed by atoms with Gasteiger partial charge in [-0.05, 0) is 56.1 Å². The van der Waals surface area contributed by atoms with Gasteiger partial charge in [0.05, 0.1) is 0 Å². The maximum atomic E-state index is 12.6. The van der Waals surface area contributed by atoms with Crippen LogP contribution in [0.4, 0.5) is 5.69 Å². The Labute approximate surface area is 115 Å². The van der Waals surface area contributed by atoms with Gasteiger partial charge in [-0.25, -0.2) is 0 Å². The van der Waals surface area contributed by atoms with Crippen molar-refractivity contribution in [2.24, 2.45) is 11.8 Å².